The summed E-state index contributed by atoms with van der Waals surface area (Å²) in [7, 11) is 0. The molecule has 2 heterocycles. The van der Waals surface area contributed by atoms with Gasteiger partial charge in [-0.2, -0.15) is 25.3 Å². The van der Waals surface area contributed by atoms with Crippen LogP contribution in [0.5, 0.6) is 0 Å². The summed E-state index contributed by atoms with van der Waals surface area (Å²) in [4.78, 5) is 125. The van der Waals surface area contributed by atoms with E-state index in [1.165, 1.54) is 9.80 Å². The number of rotatable bonds is 25. The minimum absolute atomic E-state index is 0.0207. The van der Waals surface area contributed by atoms with E-state index in [4.69, 9.17) is 17.2 Å². The minimum atomic E-state index is -1.45. The summed E-state index contributed by atoms with van der Waals surface area (Å²) < 4.78 is 0. The van der Waals surface area contributed by atoms with E-state index >= 15 is 0 Å². The molecule has 356 valence electrons. The summed E-state index contributed by atoms with van der Waals surface area (Å²) in [6.45, 7) is 5.98. The molecule has 63 heavy (non-hydrogen) atoms. The molecule has 0 aliphatic carbocycles. The molecular formula is C38H66N12O11S2. The Labute approximate surface area is 377 Å². The van der Waals surface area contributed by atoms with Gasteiger partial charge in [0.25, 0.3) is 0 Å². The van der Waals surface area contributed by atoms with Gasteiger partial charge in [-0.15, -0.1) is 0 Å². The predicted octanol–water partition coefficient (Wildman–Crippen LogP) is -4.47. The lowest BCUT2D eigenvalue weighted by atomic mass is 10.0. The van der Waals surface area contributed by atoms with Gasteiger partial charge in [0.1, 0.15) is 42.3 Å². The van der Waals surface area contributed by atoms with Crippen LogP contribution < -0.4 is 49.1 Å². The third-order valence-corrected chi connectivity index (χ3v) is 11.2. The van der Waals surface area contributed by atoms with Gasteiger partial charge in [0, 0.05) is 31.1 Å². The number of aliphatic imine (C=N–C) groups is 1. The van der Waals surface area contributed by atoms with Crippen LogP contribution in [0.3, 0.4) is 0 Å². The highest BCUT2D eigenvalue weighted by molar-refractivity contribution is 7.80. The van der Waals surface area contributed by atoms with E-state index in [0.29, 0.717) is 12.8 Å². The van der Waals surface area contributed by atoms with Crippen LogP contribution in [-0.4, -0.2) is 172 Å². The first-order valence-corrected chi connectivity index (χ1v) is 22.2. The Morgan fingerprint density at radius 1 is 0.730 bits per heavy atom. The van der Waals surface area contributed by atoms with Gasteiger partial charge in [0.05, 0.1) is 19.2 Å². The van der Waals surface area contributed by atoms with Crippen molar-refractivity contribution in [3.8, 4) is 0 Å². The molecule has 0 spiro atoms. The molecule has 23 nitrogen and oxygen atoms in total. The number of aliphatic hydroxyl groups excluding tert-OH is 1. The van der Waals surface area contributed by atoms with Crippen LogP contribution >= 0.6 is 25.3 Å². The number of aliphatic carboxylic acids is 1. The molecule has 0 saturated carbocycles. The molecule has 14 N–H and O–H groups in total. The van der Waals surface area contributed by atoms with Crippen molar-refractivity contribution in [2.75, 3.05) is 44.3 Å². The first-order chi connectivity index (χ1) is 29.7. The smallest absolute Gasteiger partial charge is 0.327 e. The van der Waals surface area contributed by atoms with Gasteiger partial charge in [-0.05, 0) is 56.8 Å². The number of nitrogens with zero attached hydrogens (tertiary/aromatic N) is 3. The van der Waals surface area contributed by atoms with Crippen LogP contribution in [0, 0.1) is 11.8 Å². The number of thiol groups is 2. The molecule has 2 fully saturated rings. The minimum Gasteiger partial charge on any atom is -0.480 e. The van der Waals surface area contributed by atoms with E-state index in [2.05, 4.69) is 62.2 Å². The molecule has 2 aliphatic heterocycles. The number of carboxylic acid groups (broad SMARTS) is 1. The van der Waals surface area contributed by atoms with Crippen LogP contribution in [0.15, 0.2) is 4.99 Å². The first kappa shape index (κ1) is 54.3. The number of nitrogens with one attached hydrogen (secondary N) is 6. The van der Waals surface area contributed by atoms with Gasteiger partial charge >= 0.3 is 5.97 Å². The van der Waals surface area contributed by atoms with E-state index < -0.39 is 121 Å². The average molecular weight is 931 g/mol. The summed E-state index contributed by atoms with van der Waals surface area (Å²) in [5, 5.41) is 34.7. The van der Waals surface area contributed by atoms with E-state index in [-0.39, 0.29) is 75.1 Å². The van der Waals surface area contributed by atoms with E-state index in [1.54, 1.807) is 27.7 Å². The summed E-state index contributed by atoms with van der Waals surface area (Å²) in [5.41, 5.74) is 16.6. The Hall–Kier alpha value is -4.88. The number of aliphatic hydroxyl groups is 1. The topological polar surface area (TPSA) is 363 Å². The number of amides is 8. The molecule has 0 radical (unpaired) electrons. The predicted molar refractivity (Wildman–Crippen MR) is 237 cm³/mol. The summed E-state index contributed by atoms with van der Waals surface area (Å²) in [6, 6.07) is -9.31. The van der Waals surface area contributed by atoms with Gasteiger partial charge in [-0.25, -0.2) is 4.79 Å². The SMILES string of the molecule is CC(C)C[C@H](NC(=O)[C@H](CCCN=C(N)N)NC(=O)[C@@H]1CCCN1C(=O)CNC(=O)[C@@H]1CCCN1C(=O)[C@H](CO)NC(=O)[C@@H](NC(=O)[C@@H](N)CS)C(C)C)C(=O)N[C@@H](CS)C(=O)O. The third kappa shape index (κ3) is 17.0. The molecule has 0 aromatic heterocycles. The number of nitrogens with two attached hydrogens (primary N) is 3. The largest absolute Gasteiger partial charge is 0.480 e. The molecule has 0 unspecified atom stereocenters. The molecule has 2 rings (SSSR count). The van der Waals surface area contributed by atoms with Crippen molar-refractivity contribution >= 4 is 84.4 Å². The highest BCUT2D eigenvalue weighted by Crippen LogP contribution is 2.21. The maximum atomic E-state index is 13.8. The van der Waals surface area contributed by atoms with Crippen molar-refractivity contribution < 1.29 is 53.4 Å². The maximum Gasteiger partial charge on any atom is 0.327 e. The molecule has 0 aromatic rings. The summed E-state index contributed by atoms with van der Waals surface area (Å²) in [6.07, 6.45) is 1.68. The second-order valence-corrected chi connectivity index (χ2v) is 16.9. The molecular weight excluding hydrogens is 865 g/mol. The monoisotopic (exact) mass is 930 g/mol. The number of hydrogen-bond donors (Lipinski definition) is 13. The summed E-state index contributed by atoms with van der Waals surface area (Å²) in [5.74, 6) is -7.77. The van der Waals surface area contributed by atoms with Crippen molar-refractivity contribution in [1.29, 1.82) is 0 Å². The lowest BCUT2D eigenvalue weighted by Crippen LogP contribution is -2.60. The van der Waals surface area contributed by atoms with Crippen LogP contribution in [0.25, 0.3) is 0 Å². The molecule has 0 bridgehead atoms. The fraction of sp³-hybridized carbons (Fsp3) is 0.737. The van der Waals surface area contributed by atoms with Crippen molar-refractivity contribution in [3.63, 3.8) is 0 Å². The Bertz CT molecular complexity index is 1670. The van der Waals surface area contributed by atoms with Crippen molar-refractivity contribution in [1.82, 2.24) is 41.7 Å². The second kappa shape index (κ2) is 26.7. The fourth-order valence-corrected chi connectivity index (χ4v) is 7.43. The summed E-state index contributed by atoms with van der Waals surface area (Å²) >= 11 is 7.97. The Balaban J connectivity index is 2.15. The first-order valence-electron chi connectivity index (χ1n) is 20.9. The maximum absolute atomic E-state index is 13.8. The van der Waals surface area contributed by atoms with Gasteiger partial charge in [0.2, 0.25) is 47.3 Å². The van der Waals surface area contributed by atoms with E-state index in [9.17, 15) is 53.4 Å². The zero-order chi connectivity index (χ0) is 47.6. The van der Waals surface area contributed by atoms with E-state index in [0.717, 1.165) is 0 Å². The van der Waals surface area contributed by atoms with Crippen LogP contribution in [-0.2, 0) is 43.2 Å². The quantitative estimate of drug-likeness (QED) is 0.0178. The number of carbonyl (C=O) groups is 9. The second-order valence-electron chi connectivity index (χ2n) is 16.2. The lowest BCUT2D eigenvalue weighted by molar-refractivity contribution is -0.143. The van der Waals surface area contributed by atoms with Crippen LogP contribution in [0.1, 0.15) is 72.6 Å². The zero-order valence-corrected chi connectivity index (χ0v) is 38.0. The van der Waals surface area contributed by atoms with Gasteiger partial charge in [-0.3, -0.25) is 43.3 Å². The van der Waals surface area contributed by atoms with Crippen LogP contribution in [0.4, 0.5) is 0 Å². The number of hydrogen-bond acceptors (Lipinski definition) is 14. The molecule has 25 heteroatoms. The molecule has 8 amide bonds. The fourth-order valence-electron chi connectivity index (χ4n) is 7.02. The number of carbonyl (C=O) groups excluding carboxylic acids is 8. The van der Waals surface area contributed by atoms with Gasteiger partial charge in [0.15, 0.2) is 5.96 Å². The highest BCUT2D eigenvalue weighted by atomic mass is 32.1. The Morgan fingerprint density at radius 3 is 1.84 bits per heavy atom. The molecule has 0 aromatic carbocycles. The van der Waals surface area contributed by atoms with Gasteiger partial charge in [-0.1, -0.05) is 27.7 Å². The van der Waals surface area contributed by atoms with Gasteiger partial charge < -0.3 is 69.1 Å². The standard InChI is InChI=1S/C38H66N12O11S2/c1-19(2)14-23(32(55)47-25(18-63)37(60)61)45-31(54)22(8-5-11-42-38(40)41)44-34(57)27-10-6-12-49(27)28(52)15-43-33(56)26-9-7-13-50(26)36(59)24(16-51)46-35(58)29(20(3)4)48-30(53)21(39)17-62/h19-27,29,51,62-63H,5-18,39H2,1-4H3,(H,43,56)(H,44,57)(H,45,54)(H,46,58)(H,47,55)(H,48,53)(H,60,61)(H4,40,41,42)/t21-,22-,23-,24-,25-,26-,27-,29-/m0/s1. The Morgan fingerprint density at radius 2 is 1.30 bits per heavy atom. The number of guanidine groups is 1. The highest BCUT2D eigenvalue weighted by Gasteiger charge is 2.40. The normalized spacial score (nSPS) is 18.9. The third-order valence-electron chi connectivity index (χ3n) is 10.4. The van der Waals surface area contributed by atoms with E-state index in [1.807, 2.05) is 0 Å². The zero-order valence-electron chi connectivity index (χ0n) is 36.2. The number of likely N-dealkylation sites (tertiary alicyclic amines) is 2. The molecule has 2 saturated heterocycles. The molecule has 8 atom stereocenters. The lowest BCUT2D eigenvalue weighted by Gasteiger charge is -2.30. The molecule has 2 aliphatic rings. The van der Waals surface area contributed by atoms with Crippen molar-refractivity contribution in [3.05, 3.63) is 0 Å². The van der Waals surface area contributed by atoms with Crippen LogP contribution in [0.2, 0.25) is 0 Å². The Kier molecular flexibility index (Phi) is 23.0. The average Bonchev–Trinajstić information content (AvgIpc) is 3.93. The van der Waals surface area contributed by atoms with Crippen molar-refractivity contribution in [2.24, 2.45) is 34.0 Å². The number of carboxylic acids is 1. The van der Waals surface area contributed by atoms with Crippen molar-refractivity contribution in [2.45, 2.75) is 121 Å².